The second kappa shape index (κ2) is 4.68. The van der Waals surface area contributed by atoms with Crippen LogP contribution in [0.15, 0.2) is 41.8 Å². The van der Waals surface area contributed by atoms with Crippen molar-refractivity contribution in [1.29, 1.82) is 0 Å². The van der Waals surface area contributed by atoms with Gasteiger partial charge in [-0.05, 0) is 30.4 Å². The third kappa shape index (κ3) is 2.27. The second-order valence-corrected chi connectivity index (χ2v) is 4.22. The van der Waals surface area contributed by atoms with Crippen LogP contribution in [-0.4, -0.2) is 24.9 Å². The van der Waals surface area contributed by atoms with Crippen LogP contribution in [0.5, 0.6) is 0 Å². The maximum atomic E-state index is 4.58. The molecule has 0 aliphatic carbocycles. The van der Waals surface area contributed by atoms with Crippen molar-refractivity contribution >= 4 is 34.2 Å². The highest BCUT2D eigenvalue weighted by atomic mass is 32.1. The molecule has 3 heterocycles. The van der Waals surface area contributed by atoms with E-state index in [1.54, 1.807) is 16.9 Å². The lowest BCUT2D eigenvalue weighted by molar-refractivity contribution is 0.768. The largest absolute Gasteiger partial charge is 0.275 e. The Kier molecular flexibility index (Phi) is 2.87. The molecule has 3 aromatic rings. The SMILES string of the molecule is Cn1cc(-c2cnc3ccc(N=C=S)nc3c2)cn1. The summed E-state index contributed by atoms with van der Waals surface area (Å²) in [6, 6.07) is 5.58. The van der Waals surface area contributed by atoms with Gasteiger partial charge >= 0.3 is 0 Å². The second-order valence-electron chi connectivity index (χ2n) is 4.04. The van der Waals surface area contributed by atoms with Gasteiger partial charge in [0.05, 0.1) is 22.4 Å². The van der Waals surface area contributed by atoms with Crippen molar-refractivity contribution in [2.45, 2.75) is 0 Å². The Morgan fingerprint density at radius 2 is 2.11 bits per heavy atom. The van der Waals surface area contributed by atoms with Crippen LogP contribution in [0.4, 0.5) is 5.82 Å². The Morgan fingerprint density at radius 3 is 2.84 bits per heavy atom. The van der Waals surface area contributed by atoms with Crippen LogP contribution in [0.2, 0.25) is 0 Å². The number of aromatic nitrogens is 4. The van der Waals surface area contributed by atoms with Gasteiger partial charge in [-0.1, -0.05) is 0 Å². The average Bonchev–Trinajstić information content (AvgIpc) is 2.85. The summed E-state index contributed by atoms with van der Waals surface area (Å²) in [5.41, 5.74) is 3.56. The molecular formula is C13H9N5S. The monoisotopic (exact) mass is 267 g/mol. The minimum Gasteiger partial charge on any atom is -0.275 e. The lowest BCUT2D eigenvalue weighted by Gasteiger charge is -2.00. The third-order valence-corrected chi connectivity index (χ3v) is 2.81. The summed E-state index contributed by atoms with van der Waals surface area (Å²) in [5.74, 6) is 0.535. The highest BCUT2D eigenvalue weighted by Gasteiger charge is 2.04. The first-order valence-corrected chi connectivity index (χ1v) is 6.01. The molecule has 5 nitrogen and oxygen atoms in total. The van der Waals surface area contributed by atoms with E-state index in [-0.39, 0.29) is 0 Å². The van der Waals surface area contributed by atoms with Crippen molar-refractivity contribution in [1.82, 2.24) is 19.7 Å². The van der Waals surface area contributed by atoms with E-state index in [2.05, 4.69) is 37.4 Å². The molecule has 0 N–H and O–H groups in total. The molecule has 0 aromatic carbocycles. The molecule has 0 saturated carbocycles. The van der Waals surface area contributed by atoms with Crippen molar-refractivity contribution in [3.63, 3.8) is 0 Å². The first kappa shape index (κ1) is 11.6. The van der Waals surface area contributed by atoms with Crippen LogP contribution in [0.1, 0.15) is 0 Å². The minimum absolute atomic E-state index is 0.535. The van der Waals surface area contributed by atoms with Crippen LogP contribution < -0.4 is 0 Å². The summed E-state index contributed by atoms with van der Waals surface area (Å²) < 4.78 is 1.75. The Hall–Kier alpha value is -2.43. The van der Waals surface area contributed by atoms with E-state index >= 15 is 0 Å². The zero-order valence-electron chi connectivity index (χ0n) is 10.1. The Balaban J connectivity index is 2.15. The van der Waals surface area contributed by atoms with E-state index in [0.29, 0.717) is 5.82 Å². The number of isothiocyanates is 1. The van der Waals surface area contributed by atoms with Gasteiger partial charge in [0.1, 0.15) is 0 Å². The molecule has 3 rings (SSSR count). The van der Waals surface area contributed by atoms with E-state index in [0.717, 1.165) is 22.2 Å². The van der Waals surface area contributed by atoms with Gasteiger partial charge in [-0.25, -0.2) is 4.98 Å². The first-order valence-electron chi connectivity index (χ1n) is 5.60. The summed E-state index contributed by atoms with van der Waals surface area (Å²) in [7, 11) is 1.88. The van der Waals surface area contributed by atoms with Crippen LogP contribution in [0.25, 0.3) is 22.2 Å². The standard InChI is InChI=1S/C13H9N5S/c1-18-7-10(6-16-18)9-4-12-11(14-5-9)2-3-13(17-12)15-8-19/h2-7H,1H3. The molecule has 0 aliphatic rings. The van der Waals surface area contributed by atoms with Crippen molar-refractivity contribution in [2.24, 2.45) is 12.0 Å². The predicted octanol–water partition coefficient (Wildman–Crippen LogP) is 2.76. The molecule has 0 bridgehead atoms. The number of thiocarbonyl (C=S) groups is 1. The molecule has 3 aromatic heterocycles. The summed E-state index contributed by atoms with van der Waals surface area (Å²) in [4.78, 5) is 12.6. The maximum Gasteiger partial charge on any atom is 0.163 e. The van der Waals surface area contributed by atoms with Crippen molar-refractivity contribution in [3.05, 3.63) is 36.8 Å². The molecule has 0 aliphatic heterocycles. The number of nitrogens with zero attached hydrogens (tertiary/aromatic N) is 5. The summed E-state index contributed by atoms with van der Waals surface area (Å²) in [6.45, 7) is 0. The van der Waals surface area contributed by atoms with Crippen molar-refractivity contribution in [2.75, 3.05) is 0 Å². The van der Waals surface area contributed by atoms with E-state index in [9.17, 15) is 0 Å². The zero-order chi connectivity index (χ0) is 13.2. The number of rotatable bonds is 2. The fourth-order valence-corrected chi connectivity index (χ4v) is 1.93. The molecule has 0 fully saturated rings. The van der Waals surface area contributed by atoms with Gasteiger partial charge in [-0.15, -0.1) is 0 Å². The summed E-state index contributed by atoms with van der Waals surface area (Å²) >= 11 is 4.58. The molecular weight excluding hydrogens is 258 g/mol. The first-order chi connectivity index (χ1) is 9.26. The van der Waals surface area contributed by atoms with E-state index < -0.39 is 0 Å². The molecule has 0 spiro atoms. The highest BCUT2D eigenvalue weighted by Crippen LogP contribution is 2.22. The van der Waals surface area contributed by atoms with Crippen LogP contribution in [0.3, 0.4) is 0 Å². The average molecular weight is 267 g/mol. The van der Waals surface area contributed by atoms with E-state index in [4.69, 9.17) is 0 Å². The van der Waals surface area contributed by atoms with Crippen LogP contribution in [-0.2, 0) is 7.05 Å². The Bertz CT molecular complexity index is 802. The molecule has 6 heteroatoms. The molecule has 0 unspecified atom stereocenters. The Labute approximate surface area is 114 Å². The number of aryl methyl sites for hydroxylation is 1. The predicted molar refractivity (Wildman–Crippen MR) is 76.4 cm³/mol. The lowest BCUT2D eigenvalue weighted by atomic mass is 10.1. The topological polar surface area (TPSA) is 56.0 Å². The molecule has 0 atom stereocenters. The number of aliphatic imine (C=N–C) groups is 1. The molecule has 0 saturated heterocycles. The van der Waals surface area contributed by atoms with Gasteiger partial charge in [0, 0.05) is 30.6 Å². The quantitative estimate of drug-likeness (QED) is 0.529. The van der Waals surface area contributed by atoms with Crippen molar-refractivity contribution < 1.29 is 0 Å². The van der Waals surface area contributed by atoms with Gasteiger partial charge < -0.3 is 0 Å². The van der Waals surface area contributed by atoms with Gasteiger partial charge in [-0.3, -0.25) is 9.67 Å². The number of hydrogen-bond acceptors (Lipinski definition) is 5. The Morgan fingerprint density at radius 1 is 1.21 bits per heavy atom. The molecule has 0 radical (unpaired) electrons. The highest BCUT2D eigenvalue weighted by molar-refractivity contribution is 7.78. The zero-order valence-corrected chi connectivity index (χ0v) is 10.9. The number of hydrogen-bond donors (Lipinski definition) is 0. The van der Waals surface area contributed by atoms with E-state index in [1.807, 2.05) is 31.6 Å². The number of pyridine rings is 2. The van der Waals surface area contributed by atoms with Gasteiger partial charge in [0.25, 0.3) is 0 Å². The smallest absolute Gasteiger partial charge is 0.163 e. The third-order valence-electron chi connectivity index (χ3n) is 2.72. The van der Waals surface area contributed by atoms with Gasteiger partial charge in [-0.2, -0.15) is 10.1 Å². The molecule has 19 heavy (non-hydrogen) atoms. The molecule has 92 valence electrons. The van der Waals surface area contributed by atoms with Crippen molar-refractivity contribution in [3.8, 4) is 11.1 Å². The lowest BCUT2D eigenvalue weighted by Crippen LogP contribution is -1.86. The number of fused-ring (bicyclic) bond motifs is 1. The minimum atomic E-state index is 0.535. The molecule has 0 amide bonds. The van der Waals surface area contributed by atoms with E-state index in [1.165, 1.54) is 0 Å². The van der Waals surface area contributed by atoms with Gasteiger partial charge in [0.15, 0.2) is 5.82 Å². The van der Waals surface area contributed by atoms with Crippen LogP contribution >= 0.6 is 12.2 Å². The summed E-state index contributed by atoms with van der Waals surface area (Å²) in [6.07, 6.45) is 5.53. The van der Waals surface area contributed by atoms with Gasteiger partial charge in [0.2, 0.25) is 0 Å². The van der Waals surface area contributed by atoms with Crippen LogP contribution in [0, 0.1) is 0 Å². The normalized spacial score (nSPS) is 10.4. The maximum absolute atomic E-state index is 4.58. The summed E-state index contributed by atoms with van der Waals surface area (Å²) in [5, 5.41) is 6.46. The fraction of sp³-hybridized carbons (Fsp3) is 0.0769. The fourth-order valence-electron chi connectivity index (χ4n) is 1.83.